The molecule has 4 rings (SSSR count). The monoisotopic (exact) mass is 414 g/mol. The number of hydrogen-bond acceptors (Lipinski definition) is 3. The number of halogens is 1. The highest BCUT2D eigenvalue weighted by atomic mass is 32.1. The van der Waals surface area contributed by atoms with Gasteiger partial charge in [-0.1, -0.05) is 26.0 Å². The van der Waals surface area contributed by atoms with Gasteiger partial charge >= 0.3 is 0 Å². The van der Waals surface area contributed by atoms with Crippen molar-refractivity contribution in [3.63, 3.8) is 0 Å². The molecule has 1 fully saturated rings. The normalized spacial score (nSPS) is 18.6. The van der Waals surface area contributed by atoms with Gasteiger partial charge in [-0.25, -0.2) is 4.39 Å². The molecule has 2 aliphatic rings. The number of fused-ring (bicyclic) bond motifs is 1. The molecule has 4 nitrogen and oxygen atoms in total. The molecule has 1 aliphatic carbocycles. The van der Waals surface area contributed by atoms with Crippen molar-refractivity contribution in [3.05, 3.63) is 57.5 Å². The van der Waals surface area contributed by atoms with Gasteiger partial charge in [0.25, 0.3) is 0 Å². The first kappa shape index (κ1) is 20.1. The topological polar surface area (TPSA) is 40.6 Å². The van der Waals surface area contributed by atoms with E-state index >= 15 is 0 Å². The summed E-state index contributed by atoms with van der Waals surface area (Å²) in [6.45, 7) is 5.46. The highest BCUT2D eigenvalue weighted by molar-refractivity contribution is 7.10. The van der Waals surface area contributed by atoms with Gasteiger partial charge in [-0.2, -0.15) is 0 Å². The quantitative estimate of drug-likeness (QED) is 0.709. The molecule has 0 spiro atoms. The van der Waals surface area contributed by atoms with Crippen LogP contribution >= 0.6 is 11.3 Å². The molecule has 29 heavy (non-hydrogen) atoms. The van der Waals surface area contributed by atoms with Crippen LogP contribution in [0, 0.1) is 17.7 Å². The van der Waals surface area contributed by atoms with Crippen LogP contribution in [0.2, 0.25) is 0 Å². The third kappa shape index (κ3) is 4.37. The summed E-state index contributed by atoms with van der Waals surface area (Å²) in [5.74, 6) is 0.193. The molecule has 1 aliphatic heterocycles. The third-order valence-corrected chi connectivity index (χ3v) is 6.62. The van der Waals surface area contributed by atoms with Crippen LogP contribution < -0.4 is 0 Å². The zero-order chi connectivity index (χ0) is 20.5. The van der Waals surface area contributed by atoms with Gasteiger partial charge in [0, 0.05) is 23.9 Å². The predicted octanol–water partition coefficient (Wildman–Crippen LogP) is 4.26. The van der Waals surface area contributed by atoms with Crippen LogP contribution in [0.5, 0.6) is 0 Å². The molecular formula is C23H27FN2O2S. The first-order valence-electron chi connectivity index (χ1n) is 10.3. The fraction of sp³-hybridized carbons (Fsp3) is 0.478. The van der Waals surface area contributed by atoms with E-state index in [0.29, 0.717) is 19.0 Å². The number of nitrogens with zero attached hydrogens (tertiary/aromatic N) is 2. The summed E-state index contributed by atoms with van der Waals surface area (Å²) in [7, 11) is 0. The maximum absolute atomic E-state index is 13.5. The lowest BCUT2D eigenvalue weighted by molar-refractivity contribution is -0.142. The van der Waals surface area contributed by atoms with Gasteiger partial charge in [0.05, 0.1) is 12.6 Å². The van der Waals surface area contributed by atoms with E-state index in [9.17, 15) is 14.0 Å². The SMILES string of the molecule is CC(C)CN(CC(=O)N1CCc2sccc2[C@@H]1c1ccc(F)cc1)C(=O)C1CC1. The van der Waals surface area contributed by atoms with E-state index in [4.69, 9.17) is 0 Å². The largest absolute Gasteiger partial charge is 0.333 e. The molecule has 2 aromatic rings. The van der Waals surface area contributed by atoms with E-state index in [1.165, 1.54) is 17.0 Å². The van der Waals surface area contributed by atoms with Gasteiger partial charge in [0.15, 0.2) is 0 Å². The Labute approximate surface area is 175 Å². The van der Waals surface area contributed by atoms with Crippen molar-refractivity contribution >= 4 is 23.2 Å². The van der Waals surface area contributed by atoms with Crippen LogP contribution in [-0.2, 0) is 16.0 Å². The Kier molecular flexibility index (Phi) is 5.72. The van der Waals surface area contributed by atoms with Crippen LogP contribution in [0.25, 0.3) is 0 Å². The fourth-order valence-electron chi connectivity index (χ4n) is 4.11. The average Bonchev–Trinajstić information content (AvgIpc) is 3.43. The Morgan fingerprint density at radius 1 is 1.21 bits per heavy atom. The molecular weight excluding hydrogens is 387 g/mol. The molecule has 0 radical (unpaired) electrons. The molecule has 6 heteroatoms. The zero-order valence-corrected chi connectivity index (χ0v) is 17.8. The smallest absolute Gasteiger partial charge is 0.242 e. The molecule has 0 bridgehead atoms. The maximum Gasteiger partial charge on any atom is 0.242 e. The maximum atomic E-state index is 13.5. The van der Waals surface area contributed by atoms with Crippen LogP contribution in [0.1, 0.15) is 48.7 Å². The van der Waals surface area contributed by atoms with E-state index in [0.717, 1.165) is 30.4 Å². The van der Waals surface area contributed by atoms with Crippen LogP contribution in [0.4, 0.5) is 4.39 Å². The lowest BCUT2D eigenvalue weighted by Crippen LogP contribution is -2.47. The van der Waals surface area contributed by atoms with E-state index in [-0.39, 0.29) is 36.1 Å². The number of benzene rings is 1. The molecule has 1 saturated carbocycles. The highest BCUT2D eigenvalue weighted by Crippen LogP contribution is 2.38. The minimum absolute atomic E-state index is 0.0363. The summed E-state index contributed by atoms with van der Waals surface area (Å²) < 4.78 is 13.5. The molecule has 154 valence electrons. The summed E-state index contributed by atoms with van der Waals surface area (Å²) in [6, 6.07) is 8.24. The first-order chi connectivity index (χ1) is 13.9. The fourth-order valence-corrected chi connectivity index (χ4v) is 5.01. The van der Waals surface area contributed by atoms with Gasteiger partial charge in [0.2, 0.25) is 11.8 Å². The Morgan fingerprint density at radius 2 is 1.93 bits per heavy atom. The van der Waals surface area contributed by atoms with E-state index in [1.54, 1.807) is 28.4 Å². The lowest BCUT2D eigenvalue weighted by atomic mass is 9.93. The Bertz CT molecular complexity index is 889. The van der Waals surface area contributed by atoms with Gasteiger partial charge in [-0.3, -0.25) is 9.59 Å². The predicted molar refractivity (Wildman–Crippen MR) is 112 cm³/mol. The summed E-state index contributed by atoms with van der Waals surface area (Å²) >= 11 is 1.70. The number of thiophene rings is 1. The molecule has 0 unspecified atom stereocenters. The minimum atomic E-state index is -0.286. The lowest BCUT2D eigenvalue weighted by Gasteiger charge is -2.38. The van der Waals surface area contributed by atoms with Crippen LogP contribution in [0.15, 0.2) is 35.7 Å². The number of carbonyl (C=O) groups excluding carboxylic acids is 2. The second-order valence-corrected chi connectivity index (χ2v) is 9.48. The van der Waals surface area contributed by atoms with Crippen LogP contribution in [0.3, 0.4) is 0 Å². The third-order valence-electron chi connectivity index (χ3n) is 5.62. The van der Waals surface area contributed by atoms with Gasteiger partial charge < -0.3 is 9.80 Å². The molecule has 2 amide bonds. The van der Waals surface area contributed by atoms with Crippen molar-refractivity contribution in [1.29, 1.82) is 0 Å². The molecule has 1 atom stereocenters. The number of rotatable bonds is 6. The summed E-state index contributed by atoms with van der Waals surface area (Å²) in [5, 5.41) is 2.05. The molecule has 0 N–H and O–H groups in total. The minimum Gasteiger partial charge on any atom is -0.333 e. The van der Waals surface area contributed by atoms with E-state index < -0.39 is 0 Å². The number of amides is 2. The van der Waals surface area contributed by atoms with Crippen molar-refractivity contribution in [2.24, 2.45) is 11.8 Å². The van der Waals surface area contributed by atoms with Crippen molar-refractivity contribution in [2.75, 3.05) is 19.6 Å². The summed E-state index contributed by atoms with van der Waals surface area (Å²) in [5.41, 5.74) is 2.02. The zero-order valence-electron chi connectivity index (χ0n) is 16.9. The van der Waals surface area contributed by atoms with Crippen molar-refractivity contribution in [2.45, 2.75) is 39.2 Å². The van der Waals surface area contributed by atoms with E-state index in [2.05, 4.69) is 25.3 Å². The van der Waals surface area contributed by atoms with Gasteiger partial charge in [-0.05, 0) is 59.9 Å². The number of carbonyl (C=O) groups is 2. The van der Waals surface area contributed by atoms with Gasteiger partial charge in [-0.15, -0.1) is 11.3 Å². The molecule has 1 aromatic heterocycles. The average molecular weight is 415 g/mol. The Morgan fingerprint density at radius 3 is 2.59 bits per heavy atom. The second kappa shape index (κ2) is 8.27. The van der Waals surface area contributed by atoms with Crippen molar-refractivity contribution in [3.8, 4) is 0 Å². The van der Waals surface area contributed by atoms with Gasteiger partial charge in [0.1, 0.15) is 5.82 Å². The summed E-state index contributed by atoms with van der Waals surface area (Å²) in [6.07, 6.45) is 2.68. The van der Waals surface area contributed by atoms with Crippen molar-refractivity contribution < 1.29 is 14.0 Å². The Hall–Kier alpha value is -2.21. The van der Waals surface area contributed by atoms with E-state index in [1.807, 2.05) is 4.90 Å². The second-order valence-electron chi connectivity index (χ2n) is 8.48. The molecule has 2 heterocycles. The standard InChI is InChI=1S/C23H27FN2O2S/c1-15(2)13-25(23(28)17-3-4-17)14-21(27)26-11-9-20-19(10-12-29-20)22(26)16-5-7-18(24)8-6-16/h5-8,10,12,15,17,22H,3-4,9,11,13-14H2,1-2H3/t22-/m0/s1. The van der Waals surface area contributed by atoms with Crippen LogP contribution in [-0.4, -0.2) is 41.2 Å². The molecule has 1 aromatic carbocycles. The van der Waals surface area contributed by atoms with Crippen molar-refractivity contribution in [1.82, 2.24) is 9.80 Å². The first-order valence-corrected chi connectivity index (χ1v) is 11.2. The summed E-state index contributed by atoms with van der Waals surface area (Å²) in [4.78, 5) is 31.0. The Balaban J connectivity index is 1.60. The molecule has 0 saturated heterocycles. The highest BCUT2D eigenvalue weighted by Gasteiger charge is 2.37. The number of hydrogen-bond donors (Lipinski definition) is 0.